The Balaban J connectivity index is 2.09. The van der Waals surface area contributed by atoms with Crippen molar-refractivity contribution in [1.82, 2.24) is 4.90 Å². The van der Waals surface area contributed by atoms with Gasteiger partial charge in [-0.2, -0.15) is 0 Å². The van der Waals surface area contributed by atoms with E-state index in [4.69, 9.17) is 5.73 Å². The molecule has 0 radical (unpaired) electrons. The minimum atomic E-state index is -0.236. The van der Waals surface area contributed by atoms with Crippen molar-refractivity contribution >= 4 is 5.91 Å². The van der Waals surface area contributed by atoms with Gasteiger partial charge in [0.25, 0.3) is 0 Å². The van der Waals surface area contributed by atoms with Gasteiger partial charge in [-0.15, -0.1) is 0 Å². The average Bonchev–Trinajstić information content (AvgIpc) is 2.35. The zero-order valence-electron chi connectivity index (χ0n) is 12.1. The molecule has 1 atom stereocenters. The first-order valence-corrected chi connectivity index (χ1v) is 7.03. The van der Waals surface area contributed by atoms with E-state index >= 15 is 0 Å². The SMILES string of the molecule is Cc1ccc(CC(=O)N2CCCC(N)C2(C)C)cc1. The van der Waals surface area contributed by atoms with Crippen LogP contribution < -0.4 is 5.73 Å². The number of amides is 1. The molecule has 104 valence electrons. The van der Waals surface area contributed by atoms with E-state index in [1.807, 2.05) is 17.0 Å². The Morgan fingerprint density at radius 1 is 1.37 bits per heavy atom. The van der Waals surface area contributed by atoms with Gasteiger partial charge in [0.15, 0.2) is 0 Å². The lowest BCUT2D eigenvalue weighted by Gasteiger charge is -2.46. The Labute approximate surface area is 115 Å². The highest BCUT2D eigenvalue weighted by Gasteiger charge is 2.38. The number of aryl methyl sites for hydroxylation is 1. The molecule has 1 saturated heterocycles. The van der Waals surface area contributed by atoms with Crippen molar-refractivity contribution < 1.29 is 4.79 Å². The van der Waals surface area contributed by atoms with Crippen LogP contribution >= 0.6 is 0 Å². The number of carbonyl (C=O) groups is 1. The fraction of sp³-hybridized carbons (Fsp3) is 0.562. The van der Waals surface area contributed by atoms with Gasteiger partial charge in [0.1, 0.15) is 0 Å². The second kappa shape index (κ2) is 5.33. The maximum atomic E-state index is 12.5. The van der Waals surface area contributed by atoms with Gasteiger partial charge in [0.05, 0.1) is 12.0 Å². The third-order valence-electron chi connectivity index (χ3n) is 4.28. The third-order valence-corrected chi connectivity index (χ3v) is 4.28. The first-order valence-electron chi connectivity index (χ1n) is 7.03. The molecule has 1 amide bonds. The Morgan fingerprint density at radius 2 is 2.00 bits per heavy atom. The number of likely N-dealkylation sites (tertiary alicyclic amines) is 1. The zero-order chi connectivity index (χ0) is 14.0. The second-order valence-corrected chi connectivity index (χ2v) is 6.11. The van der Waals surface area contributed by atoms with Crippen molar-refractivity contribution in [1.29, 1.82) is 0 Å². The lowest BCUT2D eigenvalue weighted by molar-refractivity contribution is -0.138. The van der Waals surface area contributed by atoms with Crippen LogP contribution in [0.4, 0.5) is 0 Å². The minimum absolute atomic E-state index is 0.0724. The number of hydrogen-bond donors (Lipinski definition) is 1. The molecule has 1 aromatic rings. The quantitative estimate of drug-likeness (QED) is 0.886. The number of piperidine rings is 1. The molecule has 3 nitrogen and oxygen atoms in total. The highest BCUT2D eigenvalue weighted by Crippen LogP contribution is 2.27. The summed E-state index contributed by atoms with van der Waals surface area (Å²) in [6.07, 6.45) is 2.47. The first kappa shape index (κ1) is 14.1. The largest absolute Gasteiger partial charge is 0.336 e. The predicted octanol–water partition coefficient (Wildman–Crippen LogP) is 2.27. The van der Waals surface area contributed by atoms with Gasteiger partial charge < -0.3 is 10.6 Å². The lowest BCUT2D eigenvalue weighted by atomic mass is 9.85. The normalized spacial score (nSPS) is 22.3. The van der Waals surface area contributed by atoms with Crippen LogP contribution in [0.3, 0.4) is 0 Å². The summed E-state index contributed by atoms with van der Waals surface area (Å²) in [6.45, 7) is 7.03. The van der Waals surface area contributed by atoms with Gasteiger partial charge in [-0.25, -0.2) is 0 Å². The summed E-state index contributed by atoms with van der Waals surface area (Å²) in [5.41, 5.74) is 8.22. The number of hydrogen-bond acceptors (Lipinski definition) is 2. The van der Waals surface area contributed by atoms with Crippen molar-refractivity contribution in [2.75, 3.05) is 6.54 Å². The molecule has 19 heavy (non-hydrogen) atoms. The van der Waals surface area contributed by atoms with Gasteiger partial charge in [-0.1, -0.05) is 29.8 Å². The van der Waals surface area contributed by atoms with Crippen LogP contribution in [0.25, 0.3) is 0 Å². The number of rotatable bonds is 2. The molecule has 1 aliphatic rings. The Morgan fingerprint density at radius 3 is 2.63 bits per heavy atom. The fourth-order valence-corrected chi connectivity index (χ4v) is 2.73. The van der Waals surface area contributed by atoms with Crippen LogP contribution in [0.5, 0.6) is 0 Å². The topological polar surface area (TPSA) is 46.3 Å². The molecule has 0 aromatic heterocycles. The maximum Gasteiger partial charge on any atom is 0.227 e. The Hall–Kier alpha value is -1.35. The Kier molecular flexibility index (Phi) is 3.95. The minimum Gasteiger partial charge on any atom is -0.336 e. The average molecular weight is 260 g/mol. The highest BCUT2D eigenvalue weighted by molar-refractivity contribution is 5.79. The summed E-state index contributed by atoms with van der Waals surface area (Å²) in [5.74, 6) is 0.184. The first-order chi connectivity index (χ1) is 8.91. The molecule has 1 aliphatic heterocycles. The van der Waals surface area contributed by atoms with Crippen molar-refractivity contribution in [3.8, 4) is 0 Å². The second-order valence-electron chi connectivity index (χ2n) is 6.11. The van der Waals surface area contributed by atoms with Crippen molar-refractivity contribution in [3.05, 3.63) is 35.4 Å². The summed E-state index contributed by atoms with van der Waals surface area (Å²) in [4.78, 5) is 14.4. The number of carbonyl (C=O) groups excluding carboxylic acids is 1. The van der Waals surface area contributed by atoms with Crippen LogP contribution in [0.2, 0.25) is 0 Å². The van der Waals surface area contributed by atoms with E-state index in [9.17, 15) is 4.79 Å². The van der Waals surface area contributed by atoms with Crippen molar-refractivity contribution in [2.24, 2.45) is 5.73 Å². The molecule has 1 aromatic carbocycles. The van der Waals surface area contributed by atoms with Crippen molar-refractivity contribution in [3.63, 3.8) is 0 Å². The van der Waals surface area contributed by atoms with Gasteiger partial charge in [-0.3, -0.25) is 4.79 Å². The van der Waals surface area contributed by atoms with E-state index in [0.29, 0.717) is 6.42 Å². The van der Waals surface area contributed by atoms with Crippen LogP contribution in [-0.2, 0) is 11.2 Å². The van der Waals surface area contributed by atoms with Crippen LogP contribution in [0.1, 0.15) is 37.8 Å². The molecule has 3 heteroatoms. The van der Waals surface area contributed by atoms with E-state index in [-0.39, 0.29) is 17.5 Å². The molecular formula is C16H24N2O. The summed E-state index contributed by atoms with van der Waals surface area (Å²) in [6, 6.07) is 8.24. The molecule has 2 rings (SSSR count). The van der Waals surface area contributed by atoms with E-state index in [1.165, 1.54) is 5.56 Å². The summed E-state index contributed by atoms with van der Waals surface area (Å²) in [7, 11) is 0. The fourth-order valence-electron chi connectivity index (χ4n) is 2.73. The van der Waals surface area contributed by atoms with Gasteiger partial charge in [0.2, 0.25) is 5.91 Å². The Bertz CT molecular complexity index is 450. The molecule has 0 bridgehead atoms. The molecule has 0 aliphatic carbocycles. The van der Waals surface area contributed by atoms with Crippen LogP contribution in [-0.4, -0.2) is 28.9 Å². The number of nitrogens with zero attached hydrogens (tertiary/aromatic N) is 1. The molecule has 0 saturated carbocycles. The number of benzene rings is 1. The molecule has 0 spiro atoms. The monoisotopic (exact) mass is 260 g/mol. The lowest BCUT2D eigenvalue weighted by Crippen LogP contribution is -2.61. The summed E-state index contributed by atoms with van der Waals surface area (Å²) in [5, 5.41) is 0. The van der Waals surface area contributed by atoms with Crippen molar-refractivity contribution in [2.45, 2.75) is 51.6 Å². The standard InChI is InChI=1S/C16H24N2O/c1-12-6-8-13(9-7-12)11-15(19)18-10-4-5-14(17)16(18,2)3/h6-9,14H,4-5,10-11,17H2,1-3H3. The van der Waals surface area contributed by atoms with Gasteiger partial charge >= 0.3 is 0 Å². The zero-order valence-corrected chi connectivity index (χ0v) is 12.1. The molecule has 1 unspecified atom stereocenters. The third kappa shape index (κ3) is 2.98. The predicted molar refractivity (Wildman–Crippen MR) is 77.9 cm³/mol. The van der Waals surface area contributed by atoms with Gasteiger partial charge in [0, 0.05) is 12.6 Å². The summed E-state index contributed by atoms with van der Waals surface area (Å²) < 4.78 is 0. The van der Waals surface area contributed by atoms with Crippen LogP contribution in [0, 0.1) is 6.92 Å². The maximum absolute atomic E-state index is 12.5. The summed E-state index contributed by atoms with van der Waals surface area (Å²) >= 11 is 0. The van der Waals surface area contributed by atoms with E-state index in [0.717, 1.165) is 24.9 Å². The highest BCUT2D eigenvalue weighted by atomic mass is 16.2. The molecule has 1 heterocycles. The van der Waals surface area contributed by atoms with E-state index in [1.54, 1.807) is 0 Å². The molecule has 1 fully saturated rings. The number of nitrogens with two attached hydrogens (primary N) is 1. The van der Waals surface area contributed by atoms with Crippen LogP contribution in [0.15, 0.2) is 24.3 Å². The molecular weight excluding hydrogens is 236 g/mol. The smallest absolute Gasteiger partial charge is 0.227 e. The van der Waals surface area contributed by atoms with E-state index < -0.39 is 0 Å². The molecule has 2 N–H and O–H groups in total. The van der Waals surface area contributed by atoms with E-state index in [2.05, 4.69) is 32.9 Å². The van der Waals surface area contributed by atoms with Gasteiger partial charge in [-0.05, 0) is 39.2 Å².